The van der Waals surface area contributed by atoms with Crippen LogP contribution in [0.2, 0.25) is 5.02 Å². The van der Waals surface area contributed by atoms with Crippen molar-refractivity contribution < 1.29 is 14.3 Å². The molecule has 0 aliphatic carbocycles. The first-order chi connectivity index (χ1) is 19.5. The van der Waals surface area contributed by atoms with Crippen LogP contribution in [0.4, 0.5) is 0 Å². The van der Waals surface area contributed by atoms with Crippen molar-refractivity contribution in [3.8, 4) is 11.1 Å². The molecule has 1 aliphatic rings. The maximum Gasteiger partial charge on any atom is 0.254 e. The molecule has 206 valence electrons. The third-order valence-corrected chi connectivity index (χ3v) is 8.49. The zero-order valence-corrected chi connectivity index (χ0v) is 24.2. The minimum absolute atomic E-state index is 0.00888. The molecule has 5 nitrogen and oxygen atoms in total. The predicted molar refractivity (Wildman–Crippen MR) is 162 cm³/mol. The van der Waals surface area contributed by atoms with Gasteiger partial charge in [0.2, 0.25) is 5.91 Å². The number of ether oxygens (including phenoxy) is 1. The lowest BCUT2D eigenvalue weighted by molar-refractivity contribution is -0.134. The Morgan fingerprint density at radius 2 is 1.70 bits per heavy atom. The Labute approximate surface area is 245 Å². The van der Waals surface area contributed by atoms with Gasteiger partial charge in [0.05, 0.1) is 6.04 Å². The van der Waals surface area contributed by atoms with Crippen molar-refractivity contribution in [1.29, 1.82) is 0 Å². The first-order valence-electron chi connectivity index (χ1n) is 13.7. The molecule has 2 amide bonds. The van der Waals surface area contributed by atoms with Crippen molar-refractivity contribution in [1.82, 2.24) is 9.80 Å². The number of carbonyl (C=O) groups is 2. The molecule has 0 radical (unpaired) electrons. The molecule has 3 aromatic carbocycles. The Balaban J connectivity index is 1.37. The van der Waals surface area contributed by atoms with E-state index in [2.05, 4.69) is 11.4 Å². The summed E-state index contributed by atoms with van der Waals surface area (Å²) in [4.78, 5) is 32.5. The molecule has 4 aromatic rings. The number of amides is 2. The predicted octanol–water partition coefficient (Wildman–Crippen LogP) is 7.11. The molecule has 0 saturated carbocycles. The number of carbonyl (C=O) groups excluding carboxylic acids is 2. The molecule has 2 heterocycles. The van der Waals surface area contributed by atoms with Gasteiger partial charge in [0.15, 0.2) is 0 Å². The van der Waals surface area contributed by atoms with Gasteiger partial charge in [-0.3, -0.25) is 9.59 Å². The van der Waals surface area contributed by atoms with Crippen molar-refractivity contribution in [2.75, 3.05) is 32.8 Å². The molecule has 1 unspecified atom stereocenters. The van der Waals surface area contributed by atoms with Gasteiger partial charge in [-0.15, -0.1) is 11.3 Å². The average Bonchev–Trinajstić information content (AvgIpc) is 3.48. The Hall–Kier alpha value is -3.45. The molecule has 5 rings (SSSR count). The van der Waals surface area contributed by atoms with Crippen molar-refractivity contribution in [3.05, 3.63) is 117 Å². The Morgan fingerprint density at radius 1 is 0.975 bits per heavy atom. The Kier molecular flexibility index (Phi) is 9.32. The van der Waals surface area contributed by atoms with Crippen LogP contribution in [0.15, 0.2) is 90.3 Å². The van der Waals surface area contributed by atoms with E-state index in [1.54, 1.807) is 16.2 Å². The van der Waals surface area contributed by atoms with Gasteiger partial charge in [0.25, 0.3) is 5.91 Å². The van der Waals surface area contributed by atoms with Gasteiger partial charge in [0.1, 0.15) is 6.54 Å². The fourth-order valence-electron chi connectivity index (χ4n) is 5.22. The van der Waals surface area contributed by atoms with E-state index in [9.17, 15) is 9.59 Å². The van der Waals surface area contributed by atoms with Gasteiger partial charge in [-0.1, -0.05) is 66.2 Å². The molecule has 0 fully saturated rings. The topological polar surface area (TPSA) is 49.9 Å². The molecule has 40 heavy (non-hydrogen) atoms. The second-order valence-corrected chi connectivity index (χ2v) is 11.2. The van der Waals surface area contributed by atoms with Crippen molar-refractivity contribution >= 4 is 34.8 Å². The molecule has 0 saturated heterocycles. The van der Waals surface area contributed by atoms with Crippen molar-refractivity contribution in [3.63, 3.8) is 0 Å². The lowest BCUT2D eigenvalue weighted by Gasteiger charge is -2.37. The van der Waals surface area contributed by atoms with Crippen molar-refractivity contribution in [2.45, 2.75) is 25.8 Å². The van der Waals surface area contributed by atoms with Crippen LogP contribution < -0.4 is 0 Å². The minimum atomic E-state index is -0.203. The zero-order valence-electron chi connectivity index (χ0n) is 22.6. The summed E-state index contributed by atoms with van der Waals surface area (Å²) in [6.07, 6.45) is 1.46. The third-order valence-electron chi connectivity index (χ3n) is 7.25. The van der Waals surface area contributed by atoms with E-state index in [1.165, 1.54) is 4.88 Å². The monoisotopic (exact) mass is 572 g/mol. The summed E-state index contributed by atoms with van der Waals surface area (Å²) in [5.74, 6) is -0.219. The van der Waals surface area contributed by atoms with Gasteiger partial charge in [-0.25, -0.2) is 0 Å². The van der Waals surface area contributed by atoms with Crippen LogP contribution >= 0.6 is 22.9 Å². The average molecular weight is 573 g/mol. The lowest BCUT2D eigenvalue weighted by atomic mass is 9.93. The number of nitrogens with zero attached hydrogens (tertiary/aromatic N) is 2. The second-order valence-electron chi connectivity index (χ2n) is 9.81. The summed E-state index contributed by atoms with van der Waals surface area (Å²) < 4.78 is 5.53. The van der Waals surface area contributed by atoms with E-state index in [4.69, 9.17) is 16.3 Å². The number of hydrogen-bond donors (Lipinski definition) is 0. The van der Waals surface area contributed by atoms with Gasteiger partial charge < -0.3 is 14.5 Å². The number of rotatable bonds is 10. The van der Waals surface area contributed by atoms with E-state index in [0.29, 0.717) is 43.3 Å². The van der Waals surface area contributed by atoms with Crippen LogP contribution in [0.5, 0.6) is 0 Å². The summed E-state index contributed by atoms with van der Waals surface area (Å²) in [6.45, 7) is 4.16. The molecular formula is C33H33ClN2O3S. The normalized spacial score (nSPS) is 14.6. The maximum atomic E-state index is 13.9. The number of thiophene rings is 1. The zero-order chi connectivity index (χ0) is 27.9. The van der Waals surface area contributed by atoms with Crippen LogP contribution in [0.25, 0.3) is 11.1 Å². The highest BCUT2D eigenvalue weighted by molar-refractivity contribution is 7.10. The molecule has 0 N–H and O–H groups in total. The molecule has 1 aliphatic heterocycles. The van der Waals surface area contributed by atoms with Gasteiger partial charge in [-0.2, -0.15) is 0 Å². The summed E-state index contributed by atoms with van der Waals surface area (Å²) >= 11 is 7.90. The third kappa shape index (κ3) is 6.47. The fourth-order valence-corrected chi connectivity index (χ4v) is 6.25. The van der Waals surface area contributed by atoms with E-state index in [0.717, 1.165) is 28.7 Å². The number of fused-ring (bicyclic) bond motifs is 1. The molecule has 0 spiro atoms. The highest BCUT2D eigenvalue weighted by Gasteiger charge is 2.34. The van der Waals surface area contributed by atoms with E-state index >= 15 is 0 Å². The number of halogens is 1. The first kappa shape index (κ1) is 28.1. The van der Waals surface area contributed by atoms with E-state index in [1.807, 2.05) is 90.7 Å². The SMILES string of the molecule is CCOCCCN(CC(=O)N1CCc2sccc2C1c1ccc(Cl)cc1)C(=O)c1ccc(-c2ccccc2)cc1. The summed E-state index contributed by atoms with van der Waals surface area (Å²) in [6, 6.07) is 27.3. The number of hydrogen-bond acceptors (Lipinski definition) is 4. The molecule has 7 heteroatoms. The van der Waals surface area contributed by atoms with Crippen LogP contribution in [-0.4, -0.2) is 54.5 Å². The van der Waals surface area contributed by atoms with Crippen LogP contribution in [-0.2, 0) is 16.0 Å². The molecule has 1 aromatic heterocycles. The standard InChI is InChI=1S/C33H33ClN2O3S/c1-2-39-21-6-19-35(33(38)27-11-9-25(10-12-27)24-7-4-3-5-8-24)23-31(37)36-20-17-30-29(18-22-40-30)32(36)26-13-15-28(34)16-14-26/h3-5,7-16,18,22,32H,2,6,17,19-21,23H2,1H3. The minimum Gasteiger partial charge on any atom is -0.382 e. The van der Waals surface area contributed by atoms with Gasteiger partial charge >= 0.3 is 0 Å². The Bertz CT molecular complexity index is 1420. The Morgan fingerprint density at radius 3 is 2.42 bits per heavy atom. The molecule has 0 bridgehead atoms. The first-order valence-corrected chi connectivity index (χ1v) is 14.9. The summed E-state index contributed by atoms with van der Waals surface area (Å²) in [5.41, 5.74) is 4.87. The lowest BCUT2D eigenvalue weighted by Crippen LogP contribution is -2.47. The van der Waals surface area contributed by atoms with Crippen LogP contribution in [0.1, 0.15) is 45.7 Å². The van der Waals surface area contributed by atoms with Gasteiger partial charge in [-0.05, 0) is 77.7 Å². The maximum absolute atomic E-state index is 13.9. The van der Waals surface area contributed by atoms with E-state index in [-0.39, 0.29) is 24.4 Å². The van der Waals surface area contributed by atoms with E-state index < -0.39 is 0 Å². The van der Waals surface area contributed by atoms with Crippen LogP contribution in [0, 0.1) is 0 Å². The quantitative estimate of drug-likeness (QED) is 0.190. The summed E-state index contributed by atoms with van der Waals surface area (Å²) in [5, 5.41) is 2.75. The smallest absolute Gasteiger partial charge is 0.254 e. The van der Waals surface area contributed by atoms with Crippen molar-refractivity contribution in [2.24, 2.45) is 0 Å². The number of benzene rings is 3. The molecule has 1 atom stereocenters. The second kappa shape index (κ2) is 13.3. The van der Waals surface area contributed by atoms with Crippen LogP contribution in [0.3, 0.4) is 0 Å². The largest absolute Gasteiger partial charge is 0.382 e. The fraction of sp³-hybridized carbons (Fsp3) is 0.273. The van der Waals surface area contributed by atoms with Gasteiger partial charge in [0, 0.05) is 41.8 Å². The molecular weight excluding hydrogens is 540 g/mol. The highest BCUT2D eigenvalue weighted by atomic mass is 35.5. The highest BCUT2D eigenvalue weighted by Crippen LogP contribution is 2.38. The summed E-state index contributed by atoms with van der Waals surface area (Å²) in [7, 11) is 0.